The van der Waals surface area contributed by atoms with Gasteiger partial charge in [0.2, 0.25) is 0 Å². The van der Waals surface area contributed by atoms with Gasteiger partial charge >= 0.3 is 7.82 Å². The van der Waals surface area contributed by atoms with E-state index in [9.17, 15) is 4.57 Å². The van der Waals surface area contributed by atoms with E-state index < -0.39 is 7.82 Å². The fourth-order valence-corrected chi connectivity index (χ4v) is 1.11. The first-order chi connectivity index (χ1) is 5.06. The van der Waals surface area contributed by atoms with Crippen molar-refractivity contribution in [2.45, 2.75) is 19.3 Å². The average Bonchev–Trinajstić information content (AvgIpc) is 1.85. The Bertz CT molecular complexity index is 134. The molecule has 6 heteroatoms. The predicted octanol–water partition coefficient (Wildman–Crippen LogP) is 1.50. The highest BCUT2D eigenvalue weighted by atomic mass is 35.5. The molecule has 0 aliphatic heterocycles. The third-order valence-corrected chi connectivity index (χ3v) is 1.82. The normalized spacial score (nSPS) is 11.9. The van der Waals surface area contributed by atoms with Gasteiger partial charge in [-0.25, -0.2) is 4.57 Å². The van der Waals surface area contributed by atoms with E-state index in [4.69, 9.17) is 21.4 Å². The Morgan fingerprint density at radius 1 is 1.27 bits per heavy atom. The van der Waals surface area contributed by atoms with Crippen LogP contribution in [0.2, 0.25) is 0 Å². The SMILES string of the molecule is O=P(O)(O)OCCCCCCl. The lowest BCUT2D eigenvalue weighted by Gasteiger charge is -2.03. The molecule has 0 aromatic rings. The van der Waals surface area contributed by atoms with Gasteiger partial charge in [-0.05, 0) is 19.3 Å². The van der Waals surface area contributed by atoms with Gasteiger partial charge in [0.15, 0.2) is 0 Å². The molecular weight excluding hydrogens is 190 g/mol. The fraction of sp³-hybridized carbons (Fsp3) is 1.00. The fourth-order valence-electron chi connectivity index (χ4n) is 0.557. The highest BCUT2D eigenvalue weighted by molar-refractivity contribution is 7.46. The number of phosphoric ester groups is 1. The molecule has 0 unspecified atom stereocenters. The molecule has 2 N–H and O–H groups in total. The first-order valence-electron chi connectivity index (χ1n) is 3.32. The minimum absolute atomic E-state index is 0.0984. The molecular formula is C5H12ClO4P. The van der Waals surface area contributed by atoms with Crippen molar-refractivity contribution >= 4 is 19.4 Å². The van der Waals surface area contributed by atoms with Gasteiger partial charge in [0.25, 0.3) is 0 Å². The summed E-state index contributed by atoms with van der Waals surface area (Å²) in [6.45, 7) is 0.0984. The predicted molar refractivity (Wildman–Crippen MR) is 42.6 cm³/mol. The van der Waals surface area contributed by atoms with Crippen LogP contribution >= 0.6 is 19.4 Å². The van der Waals surface area contributed by atoms with E-state index in [1.807, 2.05) is 0 Å². The molecule has 0 radical (unpaired) electrons. The molecule has 0 spiro atoms. The summed E-state index contributed by atoms with van der Waals surface area (Å²) in [7, 11) is -4.25. The monoisotopic (exact) mass is 202 g/mol. The Morgan fingerprint density at radius 3 is 2.36 bits per heavy atom. The number of hydrogen-bond acceptors (Lipinski definition) is 2. The Balaban J connectivity index is 3.09. The summed E-state index contributed by atoms with van der Waals surface area (Å²) in [5.41, 5.74) is 0. The lowest BCUT2D eigenvalue weighted by Crippen LogP contribution is -1.92. The van der Waals surface area contributed by atoms with Crippen LogP contribution in [0, 0.1) is 0 Å². The summed E-state index contributed by atoms with van der Waals surface area (Å²) in [6, 6.07) is 0. The molecule has 0 saturated carbocycles. The molecule has 68 valence electrons. The first kappa shape index (κ1) is 11.4. The van der Waals surface area contributed by atoms with Gasteiger partial charge in [-0.1, -0.05) is 0 Å². The number of alkyl halides is 1. The van der Waals surface area contributed by atoms with Crippen molar-refractivity contribution in [3.8, 4) is 0 Å². The van der Waals surface area contributed by atoms with Gasteiger partial charge in [-0.3, -0.25) is 4.52 Å². The van der Waals surface area contributed by atoms with Crippen molar-refractivity contribution in [2.24, 2.45) is 0 Å². The van der Waals surface area contributed by atoms with Crippen molar-refractivity contribution < 1.29 is 18.9 Å². The summed E-state index contributed by atoms with van der Waals surface area (Å²) in [5.74, 6) is 0.579. The lowest BCUT2D eigenvalue weighted by molar-refractivity contribution is 0.193. The maximum atomic E-state index is 10.1. The Labute approximate surface area is 70.8 Å². The number of halogens is 1. The van der Waals surface area contributed by atoms with E-state index in [1.54, 1.807) is 0 Å². The lowest BCUT2D eigenvalue weighted by atomic mass is 10.3. The summed E-state index contributed by atoms with van der Waals surface area (Å²) in [6.07, 6.45) is 2.33. The van der Waals surface area contributed by atoms with Crippen LogP contribution < -0.4 is 0 Å². The Morgan fingerprint density at radius 2 is 1.91 bits per heavy atom. The van der Waals surface area contributed by atoms with Crippen LogP contribution in [-0.4, -0.2) is 22.3 Å². The Kier molecular flexibility index (Phi) is 6.19. The minimum atomic E-state index is -4.25. The van der Waals surface area contributed by atoms with Gasteiger partial charge < -0.3 is 9.79 Å². The zero-order valence-corrected chi connectivity index (χ0v) is 7.72. The molecule has 0 bridgehead atoms. The molecule has 0 fully saturated rings. The van der Waals surface area contributed by atoms with Crippen molar-refractivity contribution in [1.29, 1.82) is 0 Å². The molecule has 0 rings (SSSR count). The molecule has 0 aliphatic carbocycles. The maximum Gasteiger partial charge on any atom is 0.469 e. The summed E-state index contributed by atoms with van der Waals surface area (Å²) >= 11 is 5.38. The van der Waals surface area contributed by atoms with Gasteiger partial charge in [0.05, 0.1) is 6.61 Å². The van der Waals surface area contributed by atoms with Gasteiger partial charge in [0, 0.05) is 5.88 Å². The molecule has 0 atom stereocenters. The van der Waals surface area contributed by atoms with Crippen LogP contribution in [-0.2, 0) is 9.09 Å². The van der Waals surface area contributed by atoms with Crippen molar-refractivity contribution in [3.63, 3.8) is 0 Å². The quantitative estimate of drug-likeness (QED) is 0.389. The number of rotatable bonds is 6. The first-order valence-corrected chi connectivity index (χ1v) is 5.39. The summed E-state index contributed by atoms with van der Waals surface area (Å²) in [4.78, 5) is 16.5. The maximum absolute atomic E-state index is 10.1. The highest BCUT2D eigenvalue weighted by Gasteiger charge is 2.11. The van der Waals surface area contributed by atoms with Gasteiger partial charge in [-0.15, -0.1) is 11.6 Å². The second-order valence-electron chi connectivity index (χ2n) is 2.07. The average molecular weight is 203 g/mol. The van der Waals surface area contributed by atoms with Crippen LogP contribution in [0.3, 0.4) is 0 Å². The van der Waals surface area contributed by atoms with Crippen LogP contribution in [0.1, 0.15) is 19.3 Å². The highest BCUT2D eigenvalue weighted by Crippen LogP contribution is 2.35. The van der Waals surface area contributed by atoms with Gasteiger partial charge in [0.1, 0.15) is 0 Å². The molecule has 0 aliphatic rings. The number of phosphoric acid groups is 1. The second-order valence-corrected chi connectivity index (χ2v) is 3.69. The number of unbranched alkanes of at least 4 members (excludes halogenated alkanes) is 2. The zero-order chi connectivity index (χ0) is 8.74. The summed E-state index contributed by atoms with van der Waals surface area (Å²) < 4.78 is 14.3. The number of hydrogen-bond donors (Lipinski definition) is 2. The van der Waals surface area contributed by atoms with Crippen LogP contribution in [0.4, 0.5) is 0 Å². The van der Waals surface area contributed by atoms with Crippen molar-refractivity contribution in [1.82, 2.24) is 0 Å². The largest absolute Gasteiger partial charge is 0.469 e. The Hall–Kier alpha value is 0.400. The van der Waals surface area contributed by atoms with Crippen LogP contribution in [0.15, 0.2) is 0 Å². The van der Waals surface area contributed by atoms with Gasteiger partial charge in [-0.2, -0.15) is 0 Å². The van der Waals surface area contributed by atoms with Crippen LogP contribution in [0.25, 0.3) is 0 Å². The van der Waals surface area contributed by atoms with E-state index in [0.29, 0.717) is 12.3 Å². The van der Waals surface area contributed by atoms with Crippen LogP contribution in [0.5, 0.6) is 0 Å². The van der Waals surface area contributed by atoms with E-state index in [1.165, 1.54) is 0 Å². The van der Waals surface area contributed by atoms with E-state index in [-0.39, 0.29) is 6.61 Å². The molecule has 11 heavy (non-hydrogen) atoms. The molecule has 0 amide bonds. The smallest absolute Gasteiger partial charge is 0.303 e. The van der Waals surface area contributed by atoms with E-state index in [2.05, 4.69) is 4.52 Å². The molecule has 0 saturated heterocycles. The molecule has 0 heterocycles. The standard InChI is InChI=1S/C5H12ClO4P/c6-4-2-1-3-5-10-11(7,8)9/h1-5H2,(H2,7,8,9). The van der Waals surface area contributed by atoms with E-state index >= 15 is 0 Å². The second kappa shape index (κ2) is 5.98. The van der Waals surface area contributed by atoms with Crippen molar-refractivity contribution in [3.05, 3.63) is 0 Å². The topological polar surface area (TPSA) is 66.8 Å². The summed E-state index contributed by atoms with van der Waals surface area (Å²) in [5, 5.41) is 0. The van der Waals surface area contributed by atoms with Crippen molar-refractivity contribution in [2.75, 3.05) is 12.5 Å². The molecule has 4 nitrogen and oxygen atoms in total. The molecule has 0 aromatic carbocycles. The third-order valence-electron chi connectivity index (χ3n) is 1.04. The van der Waals surface area contributed by atoms with E-state index in [0.717, 1.165) is 12.8 Å². The molecule has 0 aromatic heterocycles. The minimum Gasteiger partial charge on any atom is -0.303 e. The zero-order valence-electron chi connectivity index (χ0n) is 6.07. The third kappa shape index (κ3) is 10.4.